The minimum absolute atomic E-state index is 0.00575. The summed E-state index contributed by atoms with van der Waals surface area (Å²) in [5.41, 5.74) is 7.32. The van der Waals surface area contributed by atoms with E-state index in [2.05, 4.69) is 49.5 Å². The zero-order valence-corrected chi connectivity index (χ0v) is 21.4. The molecule has 2 aliphatic heterocycles. The van der Waals surface area contributed by atoms with Crippen molar-refractivity contribution in [3.05, 3.63) is 113 Å². The van der Waals surface area contributed by atoms with Crippen molar-refractivity contribution in [1.82, 2.24) is 29.9 Å². The van der Waals surface area contributed by atoms with E-state index >= 15 is 0 Å². The Kier molecular flexibility index (Phi) is 6.40. The molecule has 0 fully saturated rings. The van der Waals surface area contributed by atoms with Gasteiger partial charge in [-0.1, -0.05) is 35.5 Å². The van der Waals surface area contributed by atoms with Gasteiger partial charge in [0, 0.05) is 23.0 Å². The van der Waals surface area contributed by atoms with Gasteiger partial charge in [0.1, 0.15) is 23.6 Å². The monoisotopic (exact) mass is 522 g/mol. The molecule has 194 valence electrons. The first kappa shape index (κ1) is 24.5. The molecule has 2 aromatic carbocycles. The van der Waals surface area contributed by atoms with Gasteiger partial charge in [-0.25, -0.2) is 18.7 Å². The van der Waals surface area contributed by atoms with E-state index in [-0.39, 0.29) is 11.4 Å². The van der Waals surface area contributed by atoms with Crippen molar-refractivity contribution in [3.63, 3.8) is 0 Å². The minimum Gasteiger partial charge on any atom is -0.359 e. The Morgan fingerprint density at radius 1 is 0.795 bits per heavy atom. The Labute approximate surface area is 223 Å². The first-order valence-electron chi connectivity index (χ1n) is 12.5. The SMILES string of the molecule is Cc1cc(CCc2ccc(-c3cc(Cn4cc5nc(-c6cccc(F)c6F)nc-5cn4)on3)cc2)cc(C)n1. The number of aromatic nitrogens is 6. The van der Waals surface area contributed by atoms with Crippen molar-refractivity contribution in [2.24, 2.45) is 0 Å². The Morgan fingerprint density at radius 2 is 1.54 bits per heavy atom. The topological polar surface area (TPSA) is 82.5 Å². The zero-order chi connectivity index (χ0) is 26.9. The molecule has 0 spiro atoms. The van der Waals surface area contributed by atoms with E-state index in [1.165, 1.54) is 29.5 Å². The fraction of sp³-hybridized carbons (Fsp3) is 0.167. The smallest absolute Gasteiger partial charge is 0.169 e. The third-order valence-electron chi connectivity index (χ3n) is 6.48. The van der Waals surface area contributed by atoms with E-state index in [4.69, 9.17) is 4.52 Å². The predicted octanol–water partition coefficient (Wildman–Crippen LogP) is 6.22. The maximum absolute atomic E-state index is 14.2. The van der Waals surface area contributed by atoms with E-state index < -0.39 is 11.6 Å². The second kappa shape index (κ2) is 10.2. The molecule has 0 amide bonds. The number of hydrogen-bond donors (Lipinski definition) is 0. The quantitative estimate of drug-likeness (QED) is 0.247. The van der Waals surface area contributed by atoms with Gasteiger partial charge in [0.2, 0.25) is 0 Å². The highest BCUT2D eigenvalue weighted by atomic mass is 19.2. The Hall–Kier alpha value is -4.79. The first-order valence-corrected chi connectivity index (χ1v) is 12.5. The second-order valence-electron chi connectivity index (χ2n) is 9.52. The van der Waals surface area contributed by atoms with Crippen molar-refractivity contribution >= 4 is 0 Å². The Bertz CT molecular complexity index is 1720. The standard InChI is InChI=1S/C30H24F2N6O/c1-18-12-21(13-19(2)34-18)7-6-20-8-10-22(11-9-20)26-14-23(39-37-26)16-38-17-28-27(15-33-38)35-30(36-28)24-4-3-5-25(31)29(24)32/h3-5,8-15,17H,6-7,16H2,1-2H3. The van der Waals surface area contributed by atoms with Gasteiger partial charge in [-0.05, 0) is 62.1 Å². The molecule has 2 aromatic heterocycles. The lowest BCUT2D eigenvalue weighted by Crippen LogP contribution is -2.04. The molecule has 0 unspecified atom stereocenters. The van der Waals surface area contributed by atoms with Crippen LogP contribution in [0.15, 0.2) is 77.6 Å². The van der Waals surface area contributed by atoms with Crippen LogP contribution in [-0.2, 0) is 19.4 Å². The molecule has 9 heteroatoms. The minimum atomic E-state index is -0.977. The average molecular weight is 523 g/mol. The number of rotatable bonds is 7. The normalized spacial score (nSPS) is 11.4. The van der Waals surface area contributed by atoms with Crippen LogP contribution in [0.5, 0.6) is 0 Å². The van der Waals surface area contributed by atoms with Crippen molar-refractivity contribution in [2.75, 3.05) is 0 Å². The molecule has 0 saturated heterocycles. The van der Waals surface area contributed by atoms with Crippen molar-refractivity contribution in [3.8, 4) is 34.0 Å². The predicted molar refractivity (Wildman–Crippen MR) is 142 cm³/mol. The summed E-state index contributed by atoms with van der Waals surface area (Å²) in [6.45, 7) is 4.36. The average Bonchev–Trinajstić information content (AvgIpc) is 3.56. The second-order valence-corrected chi connectivity index (χ2v) is 9.52. The van der Waals surface area contributed by atoms with E-state index in [1.54, 1.807) is 10.9 Å². The summed E-state index contributed by atoms with van der Waals surface area (Å²) in [6, 6.07) is 18.4. The lowest BCUT2D eigenvalue weighted by Gasteiger charge is -2.05. The number of hydrogen-bond acceptors (Lipinski definition) is 6. The van der Waals surface area contributed by atoms with Crippen molar-refractivity contribution in [2.45, 2.75) is 33.2 Å². The van der Waals surface area contributed by atoms with Crippen LogP contribution in [0.2, 0.25) is 0 Å². The number of imidazole rings is 1. The van der Waals surface area contributed by atoms with Crippen LogP contribution in [0.25, 0.3) is 34.0 Å². The molecule has 0 radical (unpaired) electrons. The van der Waals surface area contributed by atoms with Gasteiger partial charge < -0.3 is 4.52 Å². The fourth-order valence-corrected chi connectivity index (χ4v) is 4.62. The van der Waals surface area contributed by atoms with E-state index in [1.807, 2.05) is 32.0 Å². The molecule has 39 heavy (non-hydrogen) atoms. The molecule has 0 bridgehead atoms. The molecule has 6 rings (SSSR count). The number of fused-ring (bicyclic) bond motifs is 1. The summed E-state index contributed by atoms with van der Waals surface area (Å²) in [5, 5.41) is 8.57. The van der Waals surface area contributed by atoms with Crippen LogP contribution in [-0.4, -0.2) is 29.9 Å². The third-order valence-corrected chi connectivity index (χ3v) is 6.48. The summed E-state index contributed by atoms with van der Waals surface area (Å²) in [4.78, 5) is 13.1. The molecular formula is C30H24F2N6O. The maximum atomic E-state index is 14.2. The molecule has 0 N–H and O–H groups in total. The molecule has 2 aliphatic rings. The molecule has 7 nitrogen and oxygen atoms in total. The van der Waals surface area contributed by atoms with E-state index in [0.717, 1.165) is 41.6 Å². The molecular weight excluding hydrogens is 498 g/mol. The fourth-order valence-electron chi connectivity index (χ4n) is 4.62. The molecule has 0 atom stereocenters. The highest BCUT2D eigenvalue weighted by Gasteiger charge is 2.18. The Morgan fingerprint density at radius 3 is 2.33 bits per heavy atom. The van der Waals surface area contributed by atoms with Crippen LogP contribution in [0.4, 0.5) is 8.78 Å². The third kappa shape index (κ3) is 5.29. The van der Waals surface area contributed by atoms with Crippen LogP contribution in [0.3, 0.4) is 0 Å². The number of nitrogens with zero attached hydrogens (tertiary/aromatic N) is 6. The van der Waals surface area contributed by atoms with Gasteiger partial charge in [-0.2, -0.15) is 5.10 Å². The Balaban J connectivity index is 1.14. The van der Waals surface area contributed by atoms with Crippen LogP contribution < -0.4 is 0 Å². The van der Waals surface area contributed by atoms with Gasteiger partial charge >= 0.3 is 0 Å². The van der Waals surface area contributed by atoms with Crippen LogP contribution >= 0.6 is 0 Å². The van der Waals surface area contributed by atoms with Gasteiger partial charge in [0.05, 0.1) is 18.0 Å². The number of benzene rings is 2. The summed E-state index contributed by atoms with van der Waals surface area (Å²) in [7, 11) is 0. The number of halogens is 2. The molecule has 4 heterocycles. The number of aryl methyl sites for hydroxylation is 4. The summed E-state index contributed by atoms with van der Waals surface area (Å²) < 4.78 is 35.0. The van der Waals surface area contributed by atoms with Crippen LogP contribution in [0.1, 0.15) is 28.3 Å². The van der Waals surface area contributed by atoms with E-state index in [9.17, 15) is 8.78 Å². The lowest BCUT2D eigenvalue weighted by atomic mass is 10.0. The highest BCUT2D eigenvalue weighted by Crippen LogP contribution is 2.27. The number of pyridine rings is 1. The lowest BCUT2D eigenvalue weighted by molar-refractivity contribution is 0.372. The molecule has 4 aromatic rings. The maximum Gasteiger partial charge on any atom is 0.169 e. The summed E-state index contributed by atoms with van der Waals surface area (Å²) in [5.74, 6) is -1.20. The van der Waals surface area contributed by atoms with E-state index in [0.29, 0.717) is 23.7 Å². The first-order chi connectivity index (χ1) is 18.9. The zero-order valence-electron chi connectivity index (χ0n) is 21.4. The highest BCUT2D eigenvalue weighted by molar-refractivity contribution is 5.65. The molecule has 0 aliphatic carbocycles. The van der Waals surface area contributed by atoms with Crippen molar-refractivity contribution in [1.29, 1.82) is 0 Å². The van der Waals surface area contributed by atoms with Gasteiger partial charge in [0.15, 0.2) is 23.2 Å². The largest absolute Gasteiger partial charge is 0.359 e. The van der Waals surface area contributed by atoms with Gasteiger partial charge in [-0.15, -0.1) is 0 Å². The van der Waals surface area contributed by atoms with Gasteiger partial charge in [-0.3, -0.25) is 9.67 Å². The van der Waals surface area contributed by atoms with Crippen molar-refractivity contribution < 1.29 is 13.3 Å². The summed E-state index contributed by atoms with van der Waals surface area (Å²) in [6.07, 6.45) is 5.12. The van der Waals surface area contributed by atoms with Crippen LogP contribution in [0, 0.1) is 25.5 Å². The summed E-state index contributed by atoms with van der Waals surface area (Å²) >= 11 is 0. The molecule has 0 saturated carbocycles. The van der Waals surface area contributed by atoms with Gasteiger partial charge in [0.25, 0.3) is 0 Å².